The molecule has 0 aliphatic carbocycles. The molecule has 106 valence electrons. The van der Waals surface area contributed by atoms with E-state index in [0.29, 0.717) is 0 Å². The zero-order chi connectivity index (χ0) is 15.0. The average Bonchev–Trinajstić information content (AvgIpc) is 2.80. The van der Waals surface area contributed by atoms with Crippen LogP contribution in [0.25, 0.3) is 17.1 Å². The highest BCUT2D eigenvalue weighted by atomic mass is 127. The fraction of sp³-hybridized carbons (Fsp3) is 0.167. The topological polar surface area (TPSA) is 17.8 Å². The minimum atomic E-state index is 0.995. The SMILES string of the molecule is Cc1cc(C)c(-n2cc(I)nc2-c2ccccc2)c(C)c1. The molecule has 3 heteroatoms. The van der Waals surface area contributed by atoms with E-state index in [4.69, 9.17) is 4.98 Å². The van der Waals surface area contributed by atoms with E-state index < -0.39 is 0 Å². The predicted octanol–water partition coefficient (Wildman–Crippen LogP) is 5.07. The lowest BCUT2D eigenvalue weighted by atomic mass is 10.0. The number of hydrogen-bond acceptors (Lipinski definition) is 1. The van der Waals surface area contributed by atoms with Crippen LogP contribution in [0.4, 0.5) is 0 Å². The third kappa shape index (κ3) is 2.75. The monoisotopic (exact) mass is 388 g/mol. The largest absolute Gasteiger partial charge is 0.298 e. The summed E-state index contributed by atoms with van der Waals surface area (Å²) >= 11 is 2.28. The fourth-order valence-electron chi connectivity index (χ4n) is 2.87. The predicted molar refractivity (Wildman–Crippen MR) is 95.9 cm³/mol. The van der Waals surface area contributed by atoms with Crippen molar-refractivity contribution in [2.24, 2.45) is 0 Å². The first kappa shape index (κ1) is 14.3. The first-order valence-electron chi connectivity index (χ1n) is 6.95. The smallest absolute Gasteiger partial charge is 0.145 e. The molecule has 0 atom stereocenters. The van der Waals surface area contributed by atoms with Crippen LogP contribution < -0.4 is 0 Å². The highest BCUT2D eigenvalue weighted by Gasteiger charge is 2.14. The number of halogens is 1. The first-order valence-corrected chi connectivity index (χ1v) is 8.02. The molecule has 0 saturated carbocycles. The van der Waals surface area contributed by atoms with E-state index >= 15 is 0 Å². The van der Waals surface area contributed by atoms with Crippen LogP contribution in [0.15, 0.2) is 48.7 Å². The summed E-state index contributed by atoms with van der Waals surface area (Å²) in [7, 11) is 0. The summed E-state index contributed by atoms with van der Waals surface area (Å²) in [6.45, 7) is 6.47. The highest BCUT2D eigenvalue weighted by Crippen LogP contribution is 2.28. The molecule has 0 N–H and O–H groups in total. The molecular weight excluding hydrogens is 371 g/mol. The van der Waals surface area contributed by atoms with Gasteiger partial charge in [-0.15, -0.1) is 0 Å². The maximum Gasteiger partial charge on any atom is 0.145 e. The lowest BCUT2D eigenvalue weighted by Gasteiger charge is -2.15. The maximum absolute atomic E-state index is 4.71. The van der Waals surface area contributed by atoms with Crippen LogP contribution in [0.2, 0.25) is 0 Å². The molecule has 0 spiro atoms. The van der Waals surface area contributed by atoms with Crippen molar-refractivity contribution in [3.05, 3.63) is 69.1 Å². The van der Waals surface area contributed by atoms with Crippen LogP contribution in [-0.4, -0.2) is 9.55 Å². The van der Waals surface area contributed by atoms with Crippen LogP contribution in [0.3, 0.4) is 0 Å². The van der Waals surface area contributed by atoms with Crippen molar-refractivity contribution in [3.63, 3.8) is 0 Å². The molecule has 1 heterocycles. The lowest BCUT2D eigenvalue weighted by molar-refractivity contribution is 1.03. The van der Waals surface area contributed by atoms with E-state index in [1.165, 1.54) is 22.4 Å². The van der Waals surface area contributed by atoms with Crippen LogP contribution in [0, 0.1) is 24.5 Å². The lowest BCUT2D eigenvalue weighted by Crippen LogP contribution is -2.02. The van der Waals surface area contributed by atoms with E-state index in [0.717, 1.165) is 15.1 Å². The average molecular weight is 388 g/mol. The molecule has 21 heavy (non-hydrogen) atoms. The number of aromatic nitrogens is 2. The van der Waals surface area contributed by atoms with Crippen molar-refractivity contribution >= 4 is 22.6 Å². The Hall–Kier alpha value is -1.62. The molecule has 2 nitrogen and oxygen atoms in total. The van der Waals surface area contributed by atoms with Gasteiger partial charge in [0.2, 0.25) is 0 Å². The maximum atomic E-state index is 4.71. The Morgan fingerprint density at radius 3 is 2.19 bits per heavy atom. The summed E-state index contributed by atoms with van der Waals surface area (Å²) in [4.78, 5) is 4.71. The van der Waals surface area contributed by atoms with Gasteiger partial charge in [0.25, 0.3) is 0 Å². The van der Waals surface area contributed by atoms with Gasteiger partial charge in [-0.1, -0.05) is 48.0 Å². The third-order valence-corrected chi connectivity index (χ3v) is 4.10. The zero-order valence-corrected chi connectivity index (χ0v) is 14.5. The van der Waals surface area contributed by atoms with Crippen molar-refractivity contribution < 1.29 is 0 Å². The molecule has 0 saturated heterocycles. The minimum absolute atomic E-state index is 0.995. The summed E-state index contributed by atoms with van der Waals surface area (Å²) in [5, 5.41) is 0. The number of hydrogen-bond donors (Lipinski definition) is 0. The number of nitrogens with zero attached hydrogens (tertiary/aromatic N) is 2. The van der Waals surface area contributed by atoms with Gasteiger partial charge in [-0.2, -0.15) is 0 Å². The van der Waals surface area contributed by atoms with E-state index in [9.17, 15) is 0 Å². The number of aryl methyl sites for hydroxylation is 3. The summed E-state index contributed by atoms with van der Waals surface area (Å²) in [6, 6.07) is 14.8. The normalized spacial score (nSPS) is 10.9. The standard InChI is InChI=1S/C18H17IN2/c1-12-9-13(2)17(14(3)10-12)21-11-16(19)20-18(21)15-7-5-4-6-8-15/h4-11H,1-3H3. The first-order chi connectivity index (χ1) is 10.1. The van der Waals surface area contributed by atoms with Crippen molar-refractivity contribution in [2.75, 3.05) is 0 Å². The Kier molecular flexibility index (Phi) is 3.85. The summed E-state index contributed by atoms with van der Waals surface area (Å²) in [6.07, 6.45) is 2.10. The molecule has 0 radical (unpaired) electrons. The molecule has 0 fully saturated rings. The molecular formula is C18H17IN2. The van der Waals surface area contributed by atoms with Gasteiger partial charge in [0.05, 0.1) is 5.69 Å². The Bertz CT molecular complexity index is 765. The van der Waals surface area contributed by atoms with Crippen molar-refractivity contribution in [3.8, 4) is 17.1 Å². The molecule has 0 unspecified atom stereocenters. The summed E-state index contributed by atoms with van der Waals surface area (Å²) in [5.74, 6) is 0.995. The van der Waals surface area contributed by atoms with E-state index in [-0.39, 0.29) is 0 Å². The van der Waals surface area contributed by atoms with Gasteiger partial charge < -0.3 is 0 Å². The minimum Gasteiger partial charge on any atom is -0.298 e. The van der Waals surface area contributed by atoms with Gasteiger partial charge >= 0.3 is 0 Å². The molecule has 0 aliphatic heterocycles. The van der Waals surface area contributed by atoms with Crippen LogP contribution in [-0.2, 0) is 0 Å². The molecule has 0 amide bonds. The van der Waals surface area contributed by atoms with Crippen molar-refractivity contribution in [1.29, 1.82) is 0 Å². The second-order valence-electron chi connectivity index (χ2n) is 5.37. The summed E-state index contributed by atoms with van der Waals surface area (Å²) in [5.41, 5.74) is 6.22. The molecule has 1 aromatic heterocycles. The van der Waals surface area contributed by atoms with Gasteiger partial charge in [-0.05, 0) is 54.5 Å². The highest BCUT2D eigenvalue weighted by molar-refractivity contribution is 14.1. The van der Waals surface area contributed by atoms with Gasteiger partial charge in [0, 0.05) is 11.8 Å². The number of benzene rings is 2. The van der Waals surface area contributed by atoms with Gasteiger partial charge in [0.1, 0.15) is 9.53 Å². The van der Waals surface area contributed by atoms with Crippen molar-refractivity contribution in [2.45, 2.75) is 20.8 Å². The van der Waals surface area contributed by atoms with Crippen LogP contribution in [0.5, 0.6) is 0 Å². The fourth-order valence-corrected chi connectivity index (χ4v) is 3.37. The zero-order valence-electron chi connectivity index (χ0n) is 12.4. The molecule has 0 aliphatic rings. The summed E-state index contributed by atoms with van der Waals surface area (Å²) < 4.78 is 3.21. The van der Waals surface area contributed by atoms with E-state index in [2.05, 4.69) is 90.5 Å². The van der Waals surface area contributed by atoms with Crippen LogP contribution >= 0.6 is 22.6 Å². The molecule has 2 aromatic carbocycles. The van der Waals surface area contributed by atoms with Gasteiger partial charge in [-0.3, -0.25) is 4.57 Å². The molecule has 3 aromatic rings. The third-order valence-electron chi connectivity index (χ3n) is 3.58. The second kappa shape index (κ2) is 5.64. The van der Waals surface area contributed by atoms with E-state index in [1.807, 2.05) is 6.07 Å². The second-order valence-corrected chi connectivity index (χ2v) is 6.48. The van der Waals surface area contributed by atoms with E-state index in [1.54, 1.807) is 0 Å². The number of imidazole rings is 1. The van der Waals surface area contributed by atoms with Gasteiger partial charge in [-0.25, -0.2) is 4.98 Å². The van der Waals surface area contributed by atoms with Crippen LogP contribution in [0.1, 0.15) is 16.7 Å². The Labute approximate surface area is 139 Å². The van der Waals surface area contributed by atoms with Gasteiger partial charge in [0.15, 0.2) is 0 Å². The quantitative estimate of drug-likeness (QED) is 0.561. The number of rotatable bonds is 2. The molecule has 3 rings (SSSR count). The Morgan fingerprint density at radius 2 is 1.57 bits per heavy atom. The molecule has 0 bridgehead atoms. The van der Waals surface area contributed by atoms with Crippen molar-refractivity contribution in [1.82, 2.24) is 9.55 Å². The Balaban J connectivity index is 2.26. The Morgan fingerprint density at radius 1 is 0.952 bits per heavy atom.